The van der Waals surface area contributed by atoms with Gasteiger partial charge in [-0.1, -0.05) is 12.5 Å². The summed E-state index contributed by atoms with van der Waals surface area (Å²) in [4.78, 5) is 15.4. The molecule has 0 amide bonds. The number of ether oxygens (including phenoxy) is 2. The average molecular weight is 369 g/mol. The van der Waals surface area contributed by atoms with Gasteiger partial charge in [-0.25, -0.2) is 0 Å². The maximum absolute atomic E-state index is 12.9. The first kappa shape index (κ1) is 16.4. The van der Waals surface area contributed by atoms with Crippen LogP contribution in [0.2, 0.25) is 0 Å². The van der Waals surface area contributed by atoms with Crippen molar-refractivity contribution < 1.29 is 19.4 Å². The maximum atomic E-state index is 12.9. The third kappa shape index (κ3) is 1.81. The number of aliphatic hydroxyl groups is 1. The highest BCUT2D eigenvalue weighted by Gasteiger charge is 2.73. The highest BCUT2D eigenvalue weighted by molar-refractivity contribution is 5.90. The van der Waals surface area contributed by atoms with Crippen LogP contribution in [-0.2, 0) is 16.6 Å². The summed E-state index contributed by atoms with van der Waals surface area (Å²) >= 11 is 0. The number of hydrogen-bond acceptors (Lipinski definition) is 5. The smallest absolute Gasteiger partial charge is 0.174 e. The van der Waals surface area contributed by atoms with Crippen LogP contribution < -0.4 is 9.47 Å². The predicted molar refractivity (Wildman–Crippen MR) is 99.3 cm³/mol. The number of ketones is 1. The van der Waals surface area contributed by atoms with Gasteiger partial charge in [0.05, 0.1) is 18.1 Å². The zero-order chi connectivity index (χ0) is 18.4. The molecule has 27 heavy (non-hydrogen) atoms. The Morgan fingerprint density at radius 3 is 2.93 bits per heavy atom. The van der Waals surface area contributed by atoms with Crippen LogP contribution in [0.4, 0.5) is 0 Å². The molecule has 5 heteroatoms. The molecule has 1 aromatic rings. The molecule has 5 aliphatic rings. The minimum atomic E-state index is -0.891. The van der Waals surface area contributed by atoms with E-state index < -0.39 is 17.1 Å². The Kier molecular flexibility index (Phi) is 3.19. The molecule has 1 aromatic carbocycles. The van der Waals surface area contributed by atoms with E-state index in [1.807, 2.05) is 6.07 Å². The summed E-state index contributed by atoms with van der Waals surface area (Å²) in [7, 11) is 1.64. The van der Waals surface area contributed by atoms with Crippen LogP contribution >= 0.6 is 0 Å². The van der Waals surface area contributed by atoms with Gasteiger partial charge in [-0.2, -0.15) is 0 Å². The van der Waals surface area contributed by atoms with Crippen LogP contribution in [0.15, 0.2) is 12.1 Å². The number of piperidine rings is 1. The zero-order valence-corrected chi connectivity index (χ0v) is 15.9. The number of Topliss-reactive ketones (excluding diaryl/α,β-unsaturated/α-hetero) is 1. The second-order valence-corrected chi connectivity index (χ2v) is 9.25. The zero-order valence-electron chi connectivity index (χ0n) is 15.9. The fourth-order valence-electron chi connectivity index (χ4n) is 6.79. The van der Waals surface area contributed by atoms with E-state index in [0.717, 1.165) is 37.4 Å². The van der Waals surface area contributed by atoms with Gasteiger partial charge in [0.25, 0.3) is 0 Å². The third-order valence-electron chi connectivity index (χ3n) is 8.29. The molecular formula is C22H27NO4. The van der Waals surface area contributed by atoms with Crippen LogP contribution in [0.1, 0.15) is 49.7 Å². The highest BCUT2D eigenvalue weighted by Crippen LogP contribution is 2.64. The van der Waals surface area contributed by atoms with Crippen molar-refractivity contribution in [2.45, 2.75) is 68.1 Å². The van der Waals surface area contributed by atoms with Gasteiger partial charge in [0.2, 0.25) is 0 Å². The molecule has 5 nitrogen and oxygen atoms in total. The molecule has 2 saturated carbocycles. The highest BCUT2D eigenvalue weighted by atomic mass is 16.5. The van der Waals surface area contributed by atoms with Gasteiger partial charge in [0.1, 0.15) is 0 Å². The van der Waals surface area contributed by atoms with E-state index in [2.05, 4.69) is 11.0 Å². The first-order valence-electron chi connectivity index (χ1n) is 10.4. The Morgan fingerprint density at radius 1 is 1.33 bits per heavy atom. The van der Waals surface area contributed by atoms with Crippen molar-refractivity contribution in [3.63, 3.8) is 0 Å². The van der Waals surface area contributed by atoms with Gasteiger partial charge < -0.3 is 14.6 Å². The fraction of sp³-hybridized carbons (Fsp3) is 0.682. The van der Waals surface area contributed by atoms with Crippen molar-refractivity contribution in [2.24, 2.45) is 5.92 Å². The number of rotatable bonds is 3. The third-order valence-corrected chi connectivity index (χ3v) is 8.29. The summed E-state index contributed by atoms with van der Waals surface area (Å²) < 4.78 is 11.8. The lowest BCUT2D eigenvalue weighted by Crippen LogP contribution is -2.76. The Balaban J connectivity index is 1.53. The number of carbonyl (C=O) groups excluding carboxylic acids is 1. The van der Waals surface area contributed by atoms with Crippen LogP contribution in [0.3, 0.4) is 0 Å². The van der Waals surface area contributed by atoms with E-state index in [-0.39, 0.29) is 11.8 Å². The van der Waals surface area contributed by atoms with Gasteiger partial charge in [-0.15, -0.1) is 0 Å². The van der Waals surface area contributed by atoms with Crippen molar-refractivity contribution >= 4 is 5.78 Å². The van der Waals surface area contributed by atoms with Gasteiger partial charge in [-0.3, -0.25) is 9.69 Å². The molecule has 2 heterocycles. The van der Waals surface area contributed by atoms with Crippen LogP contribution in [0.5, 0.6) is 11.5 Å². The van der Waals surface area contributed by atoms with Gasteiger partial charge >= 0.3 is 0 Å². The van der Waals surface area contributed by atoms with Crippen molar-refractivity contribution in [3.05, 3.63) is 23.3 Å². The molecule has 4 atom stereocenters. The summed E-state index contributed by atoms with van der Waals surface area (Å²) in [6, 6.07) is 4.17. The van der Waals surface area contributed by atoms with Crippen LogP contribution in [-0.4, -0.2) is 53.7 Å². The van der Waals surface area contributed by atoms with E-state index in [4.69, 9.17) is 9.47 Å². The number of benzene rings is 1. The van der Waals surface area contributed by atoms with E-state index >= 15 is 0 Å². The molecule has 0 aromatic heterocycles. The van der Waals surface area contributed by atoms with E-state index in [1.165, 1.54) is 24.8 Å². The Hall–Kier alpha value is -1.59. The van der Waals surface area contributed by atoms with Crippen molar-refractivity contribution in [1.29, 1.82) is 0 Å². The Bertz CT molecular complexity index is 834. The molecule has 1 spiro atoms. The van der Waals surface area contributed by atoms with Crippen molar-refractivity contribution in [2.75, 3.05) is 20.2 Å². The summed E-state index contributed by atoms with van der Waals surface area (Å²) in [5, 5.41) is 12.2. The normalized spacial score (nSPS) is 39.6. The average Bonchev–Trinajstić information content (AvgIpc) is 2.98. The topological polar surface area (TPSA) is 59.0 Å². The first-order chi connectivity index (χ1) is 13.1. The molecule has 3 fully saturated rings. The summed E-state index contributed by atoms with van der Waals surface area (Å²) in [5.41, 5.74) is 0.816. The SMILES string of the molecule is COc1ccc2c3c1OC1C(=O)CC[C@@]4(O)[C@@H](C2)N(CC2CCC2)CC[C@]314. The second kappa shape index (κ2) is 5.26. The number of likely N-dealkylation sites (tertiary alicyclic amines) is 1. The van der Waals surface area contributed by atoms with Gasteiger partial charge in [0.15, 0.2) is 23.4 Å². The molecule has 1 saturated heterocycles. The quantitative estimate of drug-likeness (QED) is 0.885. The molecule has 1 N–H and O–H groups in total. The number of methoxy groups -OCH3 is 1. The molecule has 3 aliphatic carbocycles. The molecule has 1 unspecified atom stereocenters. The summed E-state index contributed by atoms with van der Waals surface area (Å²) in [6.07, 6.45) is 5.99. The largest absolute Gasteiger partial charge is 0.493 e. The van der Waals surface area contributed by atoms with E-state index in [0.29, 0.717) is 24.3 Å². The van der Waals surface area contributed by atoms with Gasteiger partial charge in [0, 0.05) is 24.6 Å². The lowest BCUT2D eigenvalue weighted by molar-refractivity contribution is -0.190. The van der Waals surface area contributed by atoms with Crippen molar-refractivity contribution in [3.8, 4) is 11.5 Å². The summed E-state index contributed by atoms with van der Waals surface area (Å²) in [6.45, 7) is 2.02. The molecular weight excluding hydrogens is 342 g/mol. The molecule has 0 radical (unpaired) electrons. The Morgan fingerprint density at radius 2 is 2.19 bits per heavy atom. The lowest BCUT2D eigenvalue weighted by Gasteiger charge is -2.63. The lowest BCUT2D eigenvalue weighted by atomic mass is 9.49. The standard InChI is InChI=1S/C22H27NO4/c1-26-16-6-5-14-11-17-22(25)8-7-15(24)20-21(22,18(14)19(16)27-20)9-10-23(17)12-13-3-2-4-13/h5-6,13,17,20,25H,2-4,7-12H2,1H3/t17-,20?,21+,22-/m1/s1. The fourth-order valence-corrected chi connectivity index (χ4v) is 6.79. The number of hydrogen-bond donors (Lipinski definition) is 1. The first-order valence-corrected chi connectivity index (χ1v) is 10.4. The number of nitrogens with zero attached hydrogens (tertiary/aromatic N) is 1. The summed E-state index contributed by atoms with van der Waals surface area (Å²) in [5.74, 6) is 2.30. The minimum Gasteiger partial charge on any atom is -0.493 e. The predicted octanol–water partition coefficient (Wildman–Crippen LogP) is 2.22. The van der Waals surface area contributed by atoms with E-state index in [1.54, 1.807) is 7.11 Å². The monoisotopic (exact) mass is 369 g/mol. The molecule has 6 rings (SSSR count). The van der Waals surface area contributed by atoms with Crippen molar-refractivity contribution in [1.82, 2.24) is 4.90 Å². The maximum Gasteiger partial charge on any atom is 0.174 e. The molecule has 144 valence electrons. The van der Waals surface area contributed by atoms with Crippen LogP contribution in [0, 0.1) is 5.92 Å². The molecule has 2 bridgehead atoms. The Labute approximate surface area is 159 Å². The number of carbonyl (C=O) groups is 1. The van der Waals surface area contributed by atoms with E-state index in [9.17, 15) is 9.90 Å². The molecule has 2 aliphatic heterocycles. The van der Waals surface area contributed by atoms with Crippen LogP contribution in [0.25, 0.3) is 0 Å². The minimum absolute atomic E-state index is 0.0814. The van der Waals surface area contributed by atoms with Gasteiger partial charge in [-0.05, 0) is 56.2 Å². The second-order valence-electron chi connectivity index (χ2n) is 9.25.